The van der Waals surface area contributed by atoms with Crippen molar-refractivity contribution >= 4 is 17.9 Å². The van der Waals surface area contributed by atoms with E-state index in [0.29, 0.717) is 44.2 Å². The second kappa shape index (κ2) is 11.5. The Morgan fingerprint density at radius 3 is 2.58 bits per heavy atom. The van der Waals surface area contributed by atoms with Crippen molar-refractivity contribution < 1.29 is 14.6 Å². The highest BCUT2D eigenvalue weighted by Crippen LogP contribution is 2.27. The van der Waals surface area contributed by atoms with Crippen LogP contribution in [0.15, 0.2) is 42.6 Å². The van der Waals surface area contributed by atoms with E-state index >= 15 is 0 Å². The molecule has 8 nitrogen and oxygen atoms in total. The monoisotopic (exact) mass is 427 g/mol. The topological polar surface area (TPSA) is 90.8 Å². The minimum atomic E-state index is -0.877. The predicted molar refractivity (Wildman–Crippen MR) is 121 cm³/mol. The van der Waals surface area contributed by atoms with Gasteiger partial charge in [-0.05, 0) is 43.2 Å². The molecule has 0 radical (unpaired) electrons. The van der Waals surface area contributed by atoms with E-state index in [-0.39, 0.29) is 0 Å². The first-order chi connectivity index (χ1) is 15.0. The molecule has 0 aliphatic heterocycles. The van der Waals surface area contributed by atoms with Gasteiger partial charge in [0.15, 0.2) is 0 Å². The van der Waals surface area contributed by atoms with Crippen LogP contribution in [0.25, 0.3) is 0 Å². The molecule has 168 valence electrons. The molecule has 1 aromatic heterocycles. The average Bonchev–Trinajstić information content (AvgIpc) is 2.78. The molecule has 1 heterocycles. The minimum absolute atomic E-state index is 0.321. The first-order valence-electron chi connectivity index (χ1n) is 10.9. The zero-order valence-electron chi connectivity index (χ0n) is 18.4. The van der Waals surface area contributed by atoms with Gasteiger partial charge < -0.3 is 25.0 Å². The number of hydrogen-bond donors (Lipinski definition) is 2. The van der Waals surface area contributed by atoms with E-state index < -0.39 is 6.09 Å². The van der Waals surface area contributed by atoms with Crippen LogP contribution in [0.3, 0.4) is 0 Å². The van der Waals surface area contributed by atoms with Crippen LogP contribution in [0, 0.1) is 5.92 Å². The molecule has 31 heavy (non-hydrogen) atoms. The van der Waals surface area contributed by atoms with Gasteiger partial charge in [0.25, 0.3) is 0 Å². The van der Waals surface area contributed by atoms with Crippen molar-refractivity contribution in [2.24, 2.45) is 5.92 Å². The highest BCUT2D eigenvalue weighted by atomic mass is 16.5. The number of carbonyl (C=O) groups is 1. The third kappa shape index (κ3) is 7.40. The Kier molecular flexibility index (Phi) is 8.46. The maximum atomic E-state index is 11.7. The molecular weight excluding hydrogens is 394 g/mol. The maximum Gasteiger partial charge on any atom is 0.407 e. The SMILES string of the molecule is CN(C)c1ccnc(N[C@H]2CC[C@@H](CN(CCOCc3ccccc3)C(=O)O)CC2)n1. The van der Waals surface area contributed by atoms with Gasteiger partial charge in [-0.25, -0.2) is 9.78 Å². The first-order valence-corrected chi connectivity index (χ1v) is 10.9. The summed E-state index contributed by atoms with van der Waals surface area (Å²) >= 11 is 0. The van der Waals surface area contributed by atoms with Crippen LogP contribution in [0.4, 0.5) is 16.6 Å². The van der Waals surface area contributed by atoms with E-state index in [1.165, 1.54) is 4.90 Å². The molecule has 1 aromatic carbocycles. The summed E-state index contributed by atoms with van der Waals surface area (Å²) in [5.41, 5.74) is 1.09. The third-order valence-corrected chi connectivity index (χ3v) is 5.65. The number of aromatic nitrogens is 2. The molecule has 0 atom stereocenters. The van der Waals surface area contributed by atoms with Crippen molar-refractivity contribution in [2.45, 2.75) is 38.3 Å². The lowest BCUT2D eigenvalue weighted by atomic mass is 9.85. The molecule has 0 spiro atoms. The van der Waals surface area contributed by atoms with Crippen molar-refractivity contribution in [1.82, 2.24) is 14.9 Å². The summed E-state index contributed by atoms with van der Waals surface area (Å²) in [6.07, 6.45) is 4.83. The van der Waals surface area contributed by atoms with E-state index in [9.17, 15) is 9.90 Å². The second-order valence-corrected chi connectivity index (χ2v) is 8.26. The molecule has 0 saturated heterocycles. The van der Waals surface area contributed by atoms with Gasteiger partial charge in [-0.3, -0.25) is 0 Å². The molecule has 1 saturated carbocycles. The largest absolute Gasteiger partial charge is 0.465 e. The Hall–Kier alpha value is -2.87. The number of benzene rings is 1. The lowest BCUT2D eigenvalue weighted by Crippen LogP contribution is -2.39. The molecule has 2 aromatic rings. The molecule has 1 amide bonds. The van der Waals surface area contributed by atoms with Crippen molar-refractivity contribution in [1.29, 1.82) is 0 Å². The molecule has 3 rings (SSSR count). The molecule has 8 heteroatoms. The molecule has 0 unspecified atom stereocenters. The molecule has 2 N–H and O–H groups in total. The molecular formula is C23H33N5O3. The first kappa shape index (κ1) is 22.8. The Balaban J connectivity index is 1.39. The maximum absolute atomic E-state index is 11.7. The lowest BCUT2D eigenvalue weighted by molar-refractivity contribution is 0.0780. The normalized spacial score (nSPS) is 18.4. The Morgan fingerprint density at radius 1 is 1.16 bits per heavy atom. The minimum Gasteiger partial charge on any atom is -0.465 e. The van der Waals surface area contributed by atoms with Crippen LogP contribution in [-0.2, 0) is 11.3 Å². The third-order valence-electron chi connectivity index (χ3n) is 5.65. The van der Waals surface area contributed by atoms with Crippen LogP contribution in [0.2, 0.25) is 0 Å². The fourth-order valence-corrected chi connectivity index (χ4v) is 3.86. The Labute approximate surface area is 184 Å². The van der Waals surface area contributed by atoms with E-state index in [1.807, 2.05) is 55.4 Å². The number of nitrogens with one attached hydrogen (secondary N) is 1. The van der Waals surface area contributed by atoms with Crippen LogP contribution >= 0.6 is 0 Å². The van der Waals surface area contributed by atoms with Crippen LogP contribution in [-0.4, -0.2) is 65.9 Å². The zero-order chi connectivity index (χ0) is 22.1. The highest BCUT2D eigenvalue weighted by Gasteiger charge is 2.25. The summed E-state index contributed by atoms with van der Waals surface area (Å²) in [7, 11) is 3.91. The van der Waals surface area contributed by atoms with E-state index in [1.54, 1.807) is 6.20 Å². The molecule has 1 fully saturated rings. The summed E-state index contributed by atoms with van der Waals surface area (Å²) in [4.78, 5) is 24.0. The fraction of sp³-hybridized carbons (Fsp3) is 0.522. The number of hydrogen-bond acceptors (Lipinski definition) is 6. The number of nitrogens with zero attached hydrogens (tertiary/aromatic N) is 4. The van der Waals surface area contributed by atoms with Crippen LogP contribution in [0.1, 0.15) is 31.2 Å². The Bertz CT molecular complexity index is 810. The van der Waals surface area contributed by atoms with Crippen molar-refractivity contribution in [3.8, 4) is 0 Å². The standard InChI is InChI=1S/C23H33N5O3/c1-27(2)21-12-13-24-22(26-21)25-20-10-8-18(9-11-20)16-28(23(29)30)14-15-31-17-19-6-4-3-5-7-19/h3-7,12-13,18,20H,8-11,14-17H2,1-2H3,(H,29,30)(H,24,25,26)/t18-,20+. The van der Waals surface area contributed by atoms with Gasteiger partial charge in [0.1, 0.15) is 5.82 Å². The molecule has 1 aliphatic carbocycles. The summed E-state index contributed by atoms with van der Waals surface area (Å²) in [6, 6.07) is 12.1. The second-order valence-electron chi connectivity index (χ2n) is 8.26. The lowest BCUT2D eigenvalue weighted by Gasteiger charge is -2.32. The van der Waals surface area contributed by atoms with Gasteiger partial charge in [0, 0.05) is 39.4 Å². The van der Waals surface area contributed by atoms with E-state index in [4.69, 9.17) is 4.74 Å². The number of ether oxygens (including phenoxy) is 1. The van der Waals surface area contributed by atoms with Crippen LogP contribution < -0.4 is 10.2 Å². The van der Waals surface area contributed by atoms with Gasteiger partial charge in [-0.15, -0.1) is 0 Å². The van der Waals surface area contributed by atoms with Gasteiger partial charge in [-0.2, -0.15) is 4.98 Å². The number of carboxylic acid groups (broad SMARTS) is 1. The van der Waals surface area contributed by atoms with Gasteiger partial charge in [0.2, 0.25) is 5.95 Å². The molecule has 1 aliphatic rings. The number of rotatable bonds is 10. The smallest absolute Gasteiger partial charge is 0.407 e. The highest BCUT2D eigenvalue weighted by molar-refractivity contribution is 5.64. The van der Waals surface area contributed by atoms with Crippen molar-refractivity contribution in [2.75, 3.05) is 44.0 Å². The average molecular weight is 428 g/mol. The fourth-order valence-electron chi connectivity index (χ4n) is 3.86. The van der Waals surface area contributed by atoms with E-state index in [2.05, 4.69) is 15.3 Å². The summed E-state index contributed by atoms with van der Waals surface area (Å²) in [6.45, 7) is 1.86. The number of anilines is 2. The van der Waals surface area contributed by atoms with Crippen molar-refractivity contribution in [3.05, 3.63) is 48.2 Å². The summed E-state index contributed by atoms with van der Waals surface area (Å²) in [5.74, 6) is 1.90. The predicted octanol–water partition coefficient (Wildman–Crippen LogP) is 3.71. The van der Waals surface area contributed by atoms with Crippen molar-refractivity contribution in [3.63, 3.8) is 0 Å². The summed E-state index contributed by atoms with van der Waals surface area (Å²) < 4.78 is 5.67. The number of amides is 1. The van der Waals surface area contributed by atoms with Crippen LogP contribution in [0.5, 0.6) is 0 Å². The van der Waals surface area contributed by atoms with Gasteiger partial charge >= 0.3 is 6.09 Å². The Morgan fingerprint density at radius 2 is 1.90 bits per heavy atom. The molecule has 0 bridgehead atoms. The zero-order valence-corrected chi connectivity index (χ0v) is 18.4. The van der Waals surface area contributed by atoms with Gasteiger partial charge in [-0.1, -0.05) is 30.3 Å². The van der Waals surface area contributed by atoms with Gasteiger partial charge in [0.05, 0.1) is 13.2 Å². The van der Waals surface area contributed by atoms with E-state index in [0.717, 1.165) is 37.1 Å². The quantitative estimate of drug-likeness (QED) is 0.559. The summed E-state index contributed by atoms with van der Waals surface area (Å²) in [5, 5.41) is 13.0.